The lowest BCUT2D eigenvalue weighted by Gasteiger charge is -2.16. The molecule has 0 aliphatic carbocycles. The summed E-state index contributed by atoms with van der Waals surface area (Å²) in [5, 5.41) is 15.5. The van der Waals surface area contributed by atoms with Crippen molar-refractivity contribution in [1.82, 2.24) is 10.4 Å². The number of likely N-dealkylation sites (N-methyl/N-ethyl adjacent to an activating group) is 1. The third-order valence-electron chi connectivity index (χ3n) is 5.87. The fourth-order valence-corrected chi connectivity index (χ4v) is 3.98. The second-order valence-corrected chi connectivity index (χ2v) is 8.87. The van der Waals surface area contributed by atoms with Crippen LogP contribution >= 0.6 is 0 Å². The van der Waals surface area contributed by atoms with Gasteiger partial charge in [-0.05, 0) is 62.5 Å². The lowest BCUT2D eigenvalue weighted by molar-refractivity contribution is -0.110. The van der Waals surface area contributed by atoms with E-state index in [4.69, 9.17) is 4.84 Å². The highest BCUT2D eigenvalue weighted by atomic mass is 16.6. The Labute approximate surface area is 214 Å². The lowest BCUT2D eigenvalue weighted by atomic mass is 9.98. The van der Waals surface area contributed by atoms with E-state index in [9.17, 15) is 19.5 Å². The van der Waals surface area contributed by atoms with Gasteiger partial charge >= 0.3 is 5.97 Å². The summed E-state index contributed by atoms with van der Waals surface area (Å²) in [7, 11) is 3.84. The molecule has 1 heterocycles. The average molecular weight is 501 g/mol. The number of carbonyl (C=O) groups is 3. The maximum atomic E-state index is 13.1. The molecule has 4 N–H and O–H groups in total. The summed E-state index contributed by atoms with van der Waals surface area (Å²) < 4.78 is 0. The summed E-state index contributed by atoms with van der Waals surface area (Å²) in [5.41, 5.74) is 7.19. The molecule has 37 heavy (non-hydrogen) atoms. The first kappa shape index (κ1) is 25.6. The van der Waals surface area contributed by atoms with Crippen LogP contribution in [0.3, 0.4) is 0 Å². The van der Waals surface area contributed by atoms with Gasteiger partial charge in [0.2, 0.25) is 0 Å². The molecule has 190 valence electrons. The normalized spacial score (nSPS) is 13.7. The van der Waals surface area contributed by atoms with Gasteiger partial charge in [-0.15, -0.1) is 0 Å². The molecule has 1 aliphatic heterocycles. The first-order valence-corrected chi connectivity index (χ1v) is 11.7. The molecule has 2 amide bonds. The molecule has 3 aromatic rings. The number of hydroxylamine groups is 1. The molecule has 0 bridgehead atoms. The van der Waals surface area contributed by atoms with Gasteiger partial charge < -0.3 is 20.6 Å². The van der Waals surface area contributed by atoms with Crippen molar-refractivity contribution in [2.24, 2.45) is 0 Å². The number of aromatic carboxylic acids is 1. The van der Waals surface area contributed by atoms with Crippen molar-refractivity contribution >= 4 is 40.4 Å². The van der Waals surface area contributed by atoms with E-state index in [1.165, 1.54) is 12.1 Å². The first-order chi connectivity index (χ1) is 17.7. The number of rotatable bonds is 9. The molecule has 9 heteroatoms. The highest BCUT2D eigenvalue weighted by Crippen LogP contribution is 2.38. The molecule has 1 aliphatic rings. The van der Waals surface area contributed by atoms with Crippen LogP contribution in [0.2, 0.25) is 0 Å². The second kappa shape index (κ2) is 11.1. The number of carbonyl (C=O) groups excluding carboxylic acids is 2. The molecule has 9 nitrogen and oxygen atoms in total. The number of nitrogens with zero attached hydrogens (tertiary/aromatic N) is 1. The van der Waals surface area contributed by atoms with Crippen molar-refractivity contribution in [2.75, 3.05) is 37.9 Å². The van der Waals surface area contributed by atoms with Crippen LogP contribution in [0.1, 0.15) is 37.4 Å². The highest BCUT2D eigenvalue weighted by molar-refractivity contribution is 6.37. The number of carboxylic acid groups (broad SMARTS) is 1. The Morgan fingerprint density at radius 1 is 1.00 bits per heavy atom. The minimum atomic E-state index is -1.07. The molecular formula is C28H28N4O5. The van der Waals surface area contributed by atoms with E-state index in [0.717, 1.165) is 11.1 Å². The predicted molar refractivity (Wildman–Crippen MR) is 142 cm³/mol. The van der Waals surface area contributed by atoms with Gasteiger partial charge in [0.15, 0.2) is 0 Å². The van der Waals surface area contributed by atoms with E-state index >= 15 is 0 Å². The molecule has 4 rings (SSSR count). The third-order valence-corrected chi connectivity index (χ3v) is 5.87. The van der Waals surface area contributed by atoms with Gasteiger partial charge in [0.05, 0.1) is 29.1 Å². The predicted octanol–water partition coefficient (Wildman–Crippen LogP) is 3.85. The molecule has 0 unspecified atom stereocenters. The number of aryl methyl sites for hydroxylation is 1. The van der Waals surface area contributed by atoms with Gasteiger partial charge in [0.25, 0.3) is 11.8 Å². The van der Waals surface area contributed by atoms with E-state index in [-0.39, 0.29) is 17.4 Å². The van der Waals surface area contributed by atoms with Gasteiger partial charge in [0.1, 0.15) is 0 Å². The van der Waals surface area contributed by atoms with Crippen LogP contribution in [0.5, 0.6) is 0 Å². The molecule has 3 aromatic carbocycles. The molecule has 0 spiro atoms. The Morgan fingerprint density at radius 3 is 2.43 bits per heavy atom. The van der Waals surface area contributed by atoms with E-state index in [2.05, 4.69) is 16.1 Å². The highest BCUT2D eigenvalue weighted by Gasteiger charge is 2.29. The summed E-state index contributed by atoms with van der Waals surface area (Å²) in [5.74, 6) is -1.76. The zero-order chi connectivity index (χ0) is 26.5. The van der Waals surface area contributed by atoms with Crippen LogP contribution in [-0.2, 0) is 9.63 Å². The SMILES string of the molecule is Cc1cc(N/C(=C2/C(=O)Nc3cc(C(=O)O)ccc32)c2ccccc2)ccc1C(=O)NOCCN(C)C. The summed E-state index contributed by atoms with van der Waals surface area (Å²) in [6.45, 7) is 2.86. The number of nitrogens with one attached hydrogen (secondary N) is 3. The number of benzene rings is 3. The van der Waals surface area contributed by atoms with Crippen LogP contribution in [0.15, 0.2) is 66.7 Å². The van der Waals surface area contributed by atoms with Crippen LogP contribution in [0.25, 0.3) is 11.3 Å². The summed E-state index contributed by atoms with van der Waals surface area (Å²) in [6.07, 6.45) is 0. The lowest BCUT2D eigenvalue weighted by Crippen LogP contribution is -2.28. The van der Waals surface area contributed by atoms with Crippen LogP contribution < -0.4 is 16.1 Å². The Kier molecular flexibility index (Phi) is 7.66. The quantitative estimate of drug-likeness (QED) is 0.200. The minimum Gasteiger partial charge on any atom is -0.478 e. The first-order valence-electron chi connectivity index (χ1n) is 11.7. The molecule has 0 aromatic heterocycles. The number of fused-ring (bicyclic) bond motifs is 1. The monoisotopic (exact) mass is 500 g/mol. The van der Waals surface area contributed by atoms with E-state index < -0.39 is 5.97 Å². The summed E-state index contributed by atoms with van der Waals surface area (Å²) in [6, 6.07) is 19.2. The largest absolute Gasteiger partial charge is 0.478 e. The number of carboxylic acids is 1. The molecular weight excluding hydrogens is 472 g/mol. The van der Waals surface area contributed by atoms with Gasteiger partial charge in [-0.25, -0.2) is 10.3 Å². The van der Waals surface area contributed by atoms with E-state index in [1.54, 1.807) is 18.2 Å². The molecule has 0 fully saturated rings. The zero-order valence-electron chi connectivity index (χ0n) is 20.8. The number of amides is 2. The fourth-order valence-electron chi connectivity index (χ4n) is 3.98. The maximum Gasteiger partial charge on any atom is 0.335 e. The van der Waals surface area contributed by atoms with Crippen molar-refractivity contribution in [2.45, 2.75) is 6.92 Å². The fraction of sp³-hybridized carbons (Fsp3) is 0.179. The second-order valence-electron chi connectivity index (χ2n) is 8.87. The standard InChI is InChI=1S/C28H28N4O5/c1-17-15-20(10-12-21(17)26(33)31-37-14-13-32(2)3)29-25(18-7-5-4-6-8-18)24-22-11-9-19(28(35)36)16-23(22)30-27(24)34/h4-12,15-16,29H,13-14H2,1-3H3,(H,30,34)(H,31,33)(H,35,36)/b25-24+. The molecule has 0 radical (unpaired) electrons. The summed E-state index contributed by atoms with van der Waals surface area (Å²) in [4.78, 5) is 44.2. The van der Waals surface area contributed by atoms with Crippen LogP contribution in [0, 0.1) is 6.92 Å². The Hall–Kier alpha value is -4.47. The van der Waals surface area contributed by atoms with E-state index in [0.29, 0.717) is 46.9 Å². The Morgan fingerprint density at radius 2 is 1.76 bits per heavy atom. The molecule has 0 atom stereocenters. The van der Waals surface area contributed by atoms with Crippen molar-refractivity contribution < 1.29 is 24.3 Å². The van der Waals surface area contributed by atoms with Gasteiger partial charge in [0, 0.05) is 23.4 Å². The maximum absolute atomic E-state index is 13.1. The topological polar surface area (TPSA) is 120 Å². The van der Waals surface area contributed by atoms with Crippen LogP contribution in [0.4, 0.5) is 11.4 Å². The number of hydrogen-bond donors (Lipinski definition) is 4. The zero-order valence-corrected chi connectivity index (χ0v) is 20.8. The molecule has 0 saturated heterocycles. The Balaban J connectivity index is 1.66. The van der Waals surface area contributed by atoms with Crippen molar-refractivity contribution in [3.63, 3.8) is 0 Å². The summed E-state index contributed by atoms with van der Waals surface area (Å²) >= 11 is 0. The van der Waals surface area contributed by atoms with Gasteiger partial charge in [-0.2, -0.15) is 0 Å². The number of anilines is 2. The average Bonchev–Trinajstić information content (AvgIpc) is 3.20. The van der Waals surface area contributed by atoms with Crippen molar-refractivity contribution in [1.29, 1.82) is 0 Å². The van der Waals surface area contributed by atoms with Crippen LogP contribution in [-0.4, -0.2) is 55.0 Å². The molecule has 0 saturated carbocycles. The minimum absolute atomic E-state index is 0.0877. The van der Waals surface area contributed by atoms with E-state index in [1.807, 2.05) is 62.3 Å². The van der Waals surface area contributed by atoms with Crippen molar-refractivity contribution in [3.05, 3.63) is 94.5 Å². The Bertz CT molecular complexity index is 1380. The number of hydrogen-bond acceptors (Lipinski definition) is 6. The van der Waals surface area contributed by atoms with Gasteiger partial charge in [-0.1, -0.05) is 36.4 Å². The van der Waals surface area contributed by atoms with Gasteiger partial charge in [-0.3, -0.25) is 14.4 Å². The smallest absolute Gasteiger partial charge is 0.335 e. The van der Waals surface area contributed by atoms with Crippen molar-refractivity contribution in [3.8, 4) is 0 Å². The third kappa shape index (κ3) is 5.85.